The van der Waals surface area contributed by atoms with Gasteiger partial charge in [-0.15, -0.1) is 4.90 Å². The van der Waals surface area contributed by atoms with Gasteiger partial charge in [-0.1, -0.05) is 61.2 Å². The largest absolute Gasteiger partial charge is 0.389 e. The number of carbonyl (C=O) groups is 2. The van der Waals surface area contributed by atoms with Crippen LogP contribution in [-0.2, 0) is 4.79 Å². The molecule has 1 heterocycles. The molecular weight excluding hydrogens is 296 g/mol. The first-order valence-corrected chi connectivity index (χ1v) is 7.15. The molecule has 0 aromatic heterocycles. The van der Waals surface area contributed by atoms with E-state index in [1.165, 1.54) is 0 Å². The van der Waals surface area contributed by atoms with Crippen molar-refractivity contribution in [2.45, 2.75) is 0 Å². The molecule has 0 unspecified atom stereocenters. The zero-order valence-electron chi connectivity index (χ0n) is 11.6. The third kappa shape index (κ3) is 2.71. The predicted molar refractivity (Wildman–Crippen MR) is 87.0 cm³/mol. The molecule has 0 radical (unpaired) electrons. The average molecular weight is 309 g/mol. The summed E-state index contributed by atoms with van der Waals surface area (Å²) in [7, 11) is 0. The van der Waals surface area contributed by atoms with Crippen LogP contribution in [0.4, 0.5) is 0 Å². The summed E-state index contributed by atoms with van der Waals surface area (Å²) in [5.74, 6) is -0.817. The number of amides is 2. The molecular formula is C17H13N2O2S+. The molecule has 22 heavy (non-hydrogen) atoms. The molecule has 0 saturated carbocycles. The lowest BCUT2D eigenvalue weighted by Gasteiger charge is -2.04. The van der Waals surface area contributed by atoms with Gasteiger partial charge in [0.15, 0.2) is 0 Å². The van der Waals surface area contributed by atoms with Crippen LogP contribution in [0.2, 0.25) is 0 Å². The zero-order valence-corrected chi connectivity index (χ0v) is 12.5. The Morgan fingerprint density at radius 3 is 2.23 bits per heavy atom. The third-order valence-electron chi connectivity index (χ3n) is 3.23. The Labute approximate surface area is 133 Å². The van der Waals surface area contributed by atoms with Gasteiger partial charge in [0.1, 0.15) is 0 Å². The third-order valence-corrected chi connectivity index (χ3v) is 3.54. The van der Waals surface area contributed by atoms with E-state index in [4.69, 9.17) is 0 Å². The summed E-state index contributed by atoms with van der Waals surface area (Å²) < 4.78 is 0. The first-order valence-electron chi connectivity index (χ1n) is 6.70. The number of carbonyl (C=O) groups excluding carboxylic acids is 2. The number of hydrogen-bond donors (Lipinski definition) is 2. The first-order chi connectivity index (χ1) is 10.7. The number of amidine groups is 1. The van der Waals surface area contributed by atoms with Crippen LogP contribution >= 0.6 is 12.6 Å². The second-order valence-corrected chi connectivity index (χ2v) is 5.15. The monoisotopic (exact) mass is 309 g/mol. The van der Waals surface area contributed by atoms with Crippen molar-refractivity contribution in [3.05, 3.63) is 77.5 Å². The van der Waals surface area contributed by atoms with Crippen molar-refractivity contribution in [3.63, 3.8) is 0 Å². The van der Waals surface area contributed by atoms with Gasteiger partial charge in [0.05, 0.1) is 5.56 Å². The summed E-state index contributed by atoms with van der Waals surface area (Å²) in [5.41, 5.74) is 1.62. The molecule has 108 valence electrons. The number of benzene rings is 2. The summed E-state index contributed by atoms with van der Waals surface area (Å²) in [5, 5.41) is 0.209. The summed E-state index contributed by atoms with van der Waals surface area (Å²) >= 11 is 4.21. The van der Waals surface area contributed by atoms with Crippen molar-refractivity contribution < 1.29 is 14.6 Å². The topological polar surface area (TPSA) is 51.4 Å². The lowest BCUT2D eigenvalue weighted by Crippen LogP contribution is -2.67. The minimum Gasteiger partial charge on any atom is -0.240 e. The molecule has 0 fully saturated rings. The van der Waals surface area contributed by atoms with Gasteiger partial charge in [-0.25, -0.2) is 14.6 Å². The van der Waals surface area contributed by atoms with Crippen molar-refractivity contribution in [2.24, 2.45) is 0 Å². The zero-order chi connectivity index (χ0) is 15.5. The van der Waals surface area contributed by atoms with E-state index in [2.05, 4.69) is 17.6 Å². The normalized spacial score (nSPS) is 16.0. The highest BCUT2D eigenvalue weighted by Gasteiger charge is 2.42. The fraction of sp³-hybridized carbons (Fsp3) is 0. The van der Waals surface area contributed by atoms with Gasteiger partial charge in [-0.05, 0) is 17.7 Å². The summed E-state index contributed by atoms with van der Waals surface area (Å²) in [4.78, 5) is 28.8. The van der Waals surface area contributed by atoms with Gasteiger partial charge in [0, 0.05) is 6.08 Å². The lowest BCUT2D eigenvalue weighted by molar-refractivity contribution is -0.381. The van der Waals surface area contributed by atoms with E-state index in [1.54, 1.807) is 30.3 Å². The van der Waals surface area contributed by atoms with Gasteiger partial charge < -0.3 is 0 Å². The Kier molecular flexibility index (Phi) is 3.89. The molecule has 1 N–H and O–H groups in total. The van der Waals surface area contributed by atoms with Crippen LogP contribution in [0.15, 0.2) is 66.4 Å². The highest BCUT2D eigenvalue weighted by Crippen LogP contribution is 2.13. The fourth-order valence-corrected chi connectivity index (χ4v) is 2.46. The molecule has 5 heteroatoms. The number of thiol groups is 1. The van der Waals surface area contributed by atoms with Crippen LogP contribution in [0.25, 0.3) is 6.08 Å². The van der Waals surface area contributed by atoms with E-state index >= 15 is 0 Å². The summed E-state index contributed by atoms with van der Waals surface area (Å²) in [6.07, 6.45) is 1.69. The number of nitrogens with zero attached hydrogens (tertiary/aromatic N) is 1. The van der Waals surface area contributed by atoms with Gasteiger partial charge in [0.25, 0.3) is 0 Å². The second kappa shape index (κ2) is 5.99. The van der Waals surface area contributed by atoms with Crippen LogP contribution in [0.5, 0.6) is 0 Å². The SMILES string of the molecule is O=C1C(=Cc2ccccc2)[NH+]=C(S)N1C(=O)c1ccccc1. The van der Waals surface area contributed by atoms with E-state index in [1.807, 2.05) is 36.4 Å². The van der Waals surface area contributed by atoms with E-state index in [9.17, 15) is 9.59 Å². The van der Waals surface area contributed by atoms with Crippen molar-refractivity contribution >= 4 is 35.7 Å². The maximum absolute atomic E-state index is 12.4. The van der Waals surface area contributed by atoms with Crippen LogP contribution in [0.3, 0.4) is 0 Å². The second-order valence-electron chi connectivity index (χ2n) is 4.73. The Morgan fingerprint density at radius 2 is 1.59 bits per heavy atom. The van der Waals surface area contributed by atoms with E-state index in [0.717, 1.165) is 10.5 Å². The van der Waals surface area contributed by atoms with Crippen LogP contribution in [-0.4, -0.2) is 21.9 Å². The maximum atomic E-state index is 12.4. The van der Waals surface area contributed by atoms with Gasteiger partial charge in [-0.3, -0.25) is 0 Å². The van der Waals surface area contributed by atoms with Crippen molar-refractivity contribution in [1.29, 1.82) is 0 Å². The lowest BCUT2D eigenvalue weighted by atomic mass is 10.2. The summed E-state index contributed by atoms with van der Waals surface area (Å²) in [6, 6.07) is 18.0. The van der Waals surface area contributed by atoms with Gasteiger partial charge in [-0.2, -0.15) is 0 Å². The van der Waals surface area contributed by atoms with Crippen LogP contribution < -0.4 is 4.99 Å². The van der Waals surface area contributed by atoms with Crippen molar-refractivity contribution in [1.82, 2.24) is 4.90 Å². The Morgan fingerprint density at radius 1 is 1.00 bits per heavy atom. The molecule has 0 aliphatic carbocycles. The van der Waals surface area contributed by atoms with Crippen LogP contribution in [0, 0.1) is 0 Å². The minimum atomic E-state index is -0.414. The number of rotatable bonds is 2. The van der Waals surface area contributed by atoms with E-state index < -0.39 is 11.8 Å². The Bertz CT molecular complexity index is 783. The average Bonchev–Trinajstić information content (AvgIpc) is 2.82. The smallest absolute Gasteiger partial charge is 0.240 e. The molecule has 2 amide bonds. The number of nitrogens with one attached hydrogen (secondary N) is 1. The molecule has 3 rings (SSSR count). The first kappa shape index (κ1) is 14.3. The van der Waals surface area contributed by atoms with E-state index in [-0.39, 0.29) is 5.17 Å². The van der Waals surface area contributed by atoms with Gasteiger partial charge in [0.2, 0.25) is 5.70 Å². The highest BCUT2D eigenvalue weighted by atomic mass is 32.1. The molecule has 2 aromatic carbocycles. The molecule has 2 aromatic rings. The molecule has 0 bridgehead atoms. The summed E-state index contributed by atoms with van der Waals surface area (Å²) in [6.45, 7) is 0. The molecule has 1 aliphatic heterocycles. The van der Waals surface area contributed by atoms with Crippen molar-refractivity contribution in [3.8, 4) is 0 Å². The van der Waals surface area contributed by atoms with E-state index in [0.29, 0.717) is 11.3 Å². The molecule has 4 nitrogen and oxygen atoms in total. The van der Waals surface area contributed by atoms with Crippen LogP contribution in [0.1, 0.15) is 15.9 Å². The predicted octanol–water partition coefficient (Wildman–Crippen LogP) is 1.08. The Hall–Kier alpha value is -2.66. The molecule has 0 spiro atoms. The molecule has 0 saturated heterocycles. The van der Waals surface area contributed by atoms with Gasteiger partial charge >= 0.3 is 17.0 Å². The standard InChI is InChI=1S/C17H12N2O2S/c20-15(13-9-5-2-6-10-13)19-16(21)14(18-17(19)22)11-12-7-3-1-4-8-12/h1-11H,(H,18,22)/p+1. The maximum Gasteiger partial charge on any atom is 0.389 e. The quantitative estimate of drug-likeness (QED) is 0.495. The molecule has 1 aliphatic rings. The van der Waals surface area contributed by atoms with Crippen molar-refractivity contribution in [2.75, 3.05) is 0 Å². The molecule has 0 atom stereocenters. The minimum absolute atomic E-state index is 0.209. The Balaban J connectivity index is 1.91. The fourth-order valence-electron chi connectivity index (χ4n) is 2.16. The highest BCUT2D eigenvalue weighted by molar-refractivity contribution is 7.96. The number of imide groups is 1. The number of hydrogen-bond acceptors (Lipinski definition) is 2.